The number of ether oxygens (including phenoxy) is 1. The highest BCUT2D eigenvalue weighted by Crippen LogP contribution is 2.41. The normalized spacial score (nSPS) is 16.6. The standard InChI is InChI=1S/C32H23BrN2O2S/c1-37-27-17-13-19-6-2-4-8-23(19)26(27)18-28-31(36)35-30(21-10-14-22(33)15-11-21)25-16-12-20-7-3-5-9-24(20)29(25)34-32(35)38-28/h2-11,13-15,17-18,30H,12,16H2,1H3/b28-18-/t30-/m1/s1. The molecule has 1 aromatic heterocycles. The van der Waals surface area contributed by atoms with Gasteiger partial charge in [0, 0.05) is 15.6 Å². The lowest BCUT2D eigenvalue weighted by molar-refractivity contribution is 0.414. The number of aryl methyl sites for hydroxylation is 1. The van der Waals surface area contributed by atoms with Crippen molar-refractivity contribution >= 4 is 49.8 Å². The van der Waals surface area contributed by atoms with E-state index in [-0.39, 0.29) is 11.6 Å². The summed E-state index contributed by atoms with van der Waals surface area (Å²) in [6.45, 7) is 0. The van der Waals surface area contributed by atoms with Gasteiger partial charge in [-0.2, -0.15) is 0 Å². The summed E-state index contributed by atoms with van der Waals surface area (Å²) in [4.78, 5) is 20.0. The highest BCUT2D eigenvalue weighted by atomic mass is 79.9. The average molecular weight is 580 g/mol. The van der Waals surface area contributed by atoms with E-state index in [2.05, 4.69) is 64.5 Å². The summed E-state index contributed by atoms with van der Waals surface area (Å²) in [5.41, 5.74) is 6.66. The van der Waals surface area contributed by atoms with Gasteiger partial charge in [0.05, 0.1) is 23.4 Å². The summed E-state index contributed by atoms with van der Waals surface area (Å²) in [7, 11) is 1.67. The van der Waals surface area contributed by atoms with Gasteiger partial charge in [0.25, 0.3) is 5.56 Å². The van der Waals surface area contributed by atoms with Gasteiger partial charge in [-0.05, 0) is 64.6 Å². The average Bonchev–Trinajstić information content (AvgIpc) is 3.27. The Morgan fingerprint density at radius 1 is 0.974 bits per heavy atom. The van der Waals surface area contributed by atoms with E-state index in [1.807, 2.05) is 47.0 Å². The first-order valence-corrected chi connectivity index (χ1v) is 14.2. The molecule has 0 N–H and O–H groups in total. The maximum absolute atomic E-state index is 14.1. The van der Waals surface area contributed by atoms with Crippen molar-refractivity contribution in [3.05, 3.63) is 137 Å². The minimum atomic E-state index is -0.195. The number of thiazole rings is 1. The molecule has 4 nitrogen and oxygen atoms in total. The lowest BCUT2D eigenvalue weighted by Gasteiger charge is -2.30. The number of rotatable bonds is 3. The summed E-state index contributed by atoms with van der Waals surface area (Å²) in [6.07, 6.45) is 3.78. The second kappa shape index (κ2) is 9.22. The van der Waals surface area contributed by atoms with Crippen molar-refractivity contribution in [3.63, 3.8) is 0 Å². The van der Waals surface area contributed by atoms with Gasteiger partial charge in [-0.3, -0.25) is 9.36 Å². The van der Waals surface area contributed by atoms with E-state index in [4.69, 9.17) is 9.73 Å². The fourth-order valence-corrected chi connectivity index (χ4v) is 6.95. The Kier molecular flexibility index (Phi) is 5.68. The van der Waals surface area contributed by atoms with Crippen LogP contribution in [-0.2, 0) is 6.42 Å². The van der Waals surface area contributed by atoms with E-state index < -0.39 is 0 Å². The Morgan fingerprint density at radius 2 is 1.76 bits per heavy atom. The first-order chi connectivity index (χ1) is 18.6. The van der Waals surface area contributed by atoms with Gasteiger partial charge in [-0.1, -0.05) is 94.0 Å². The lowest BCUT2D eigenvalue weighted by Crippen LogP contribution is -2.38. The molecule has 0 saturated carbocycles. The largest absolute Gasteiger partial charge is 0.496 e. The molecule has 0 fully saturated rings. The molecule has 0 unspecified atom stereocenters. The van der Waals surface area contributed by atoms with Crippen LogP contribution in [0, 0.1) is 0 Å². The Balaban J connectivity index is 1.52. The number of allylic oxidation sites excluding steroid dienone is 1. The van der Waals surface area contributed by atoms with Gasteiger partial charge in [-0.15, -0.1) is 0 Å². The number of methoxy groups -OCH3 is 1. The molecule has 0 radical (unpaired) electrons. The molecule has 0 bridgehead atoms. The first kappa shape index (κ1) is 23.4. The van der Waals surface area contributed by atoms with Crippen molar-refractivity contribution in [2.45, 2.75) is 18.9 Å². The predicted molar refractivity (Wildman–Crippen MR) is 157 cm³/mol. The number of nitrogens with zero attached hydrogens (tertiary/aromatic N) is 2. The van der Waals surface area contributed by atoms with E-state index in [1.165, 1.54) is 28.0 Å². The highest BCUT2D eigenvalue weighted by Gasteiger charge is 2.32. The number of aromatic nitrogens is 1. The summed E-state index contributed by atoms with van der Waals surface area (Å²) in [6, 6.07) is 28.8. The molecule has 38 heavy (non-hydrogen) atoms. The molecule has 6 heteroatoms. The number of halogens is 1. The molecule has 186 valence electrons. The van der Waals surface area contributed by atoms with Crippen molar-refractivity contribution in [1.29, 1.82) is 0 Å². The lowest BCUT2D eigenvalue weighted by atomic mass is 9.83. The van der Waals surface area contributed by atoms with Gasteiger partial charge in [0.15, 0.2) is 4.80 Å². The van der Waals surface area contributed by atoms with E-state index in [1.54, 1.807) is 7.11 Å². The summed E-state index contributed by atoms with van der Waals surface area (Å²) < 4.78 is 9.27. The van der Waals surface area contributed by atoms with Crippen LogP contribution in [0.2, 0.25) is 0 Å². The molecular weight excluding hydrogens is 556 g/mol. The quantitative estimate of drug-likeness (QED) is 0.254. The van der Waals surface area contributed by atoms with Gasteiger partial charge in [0.1, 0.15) is 5.75 Å². The topological polar surface area (TPSA) is 43.6 Å². The molecule has 4 aromatic carbocycles. The fraction of sp³-hybridized carbons (Fsp3) is 0.125. The van der Waals surface area contributed by atoms with E-state index in [0.717, 1.165) is 55.5 Å². The van der Waals surface area contributed by atoms with Crippen molar-refractivity contribution in [2.75, 3.05) is 7.11 Å². The number of hydrogen-bond acceptors (Lipinski definition) is 4. The molecular formula is C32H23BrN2O2S. The van der Waals surface area contributed by atoms with Gasteiger partial charge < -0.3 is 4.74 Å². The van der Waals surface area contributed by atoms with Crippen molar-refractivity contribution in [3.8, 4) is 5.75 Å². The third-order valence-corrected chi connectivity index (χ3v) is 9.00. The second-order valence-corrected chi connectivity index (χ2v) is 11.5. The number of fused-ring (bicyclic) bond motifs is 4. The van der Waals surface area contributed by atoms with Crippen molar-refractivity contribution < 1.29 is 4.74 Å². The minimum absolute atomic E-state index is 0.0259. The molecule has 2 aliphatic rings. The maximum atomic E-state index is 14.1. The van der Waals surface area contributed by atoms with Crippen LogP contribution in [0.15, 0.2) is 105 Å². The molecule has 1 aliphatic carbocycles. The Bertz CT molecular complexity index is 1950. The third kappa shape index (κ3) is 3.70. The van der Waals surface area contributed by atoms with Crippen LogP contribution < -0.4 is 19.6 Å². The zero-order valence-corrected chi connectivity index (χ0v) is 23.1. The second-order valence-electron chi connectivity index (χ2n) is 9.57. The van der Waals surface area contributed by atoms with Crippen molar-refractivity contribution in [2.24, 2.45) is 4.99 Å². The molecule has 7 rings (SSSR count). The van der Waals surface area contributed by atoms with E-state index in [0.29, 0.717) is 4.53 Å². The van der Waals surface area contributed by atoms with Crippen LogP contribution in [0.25, 0.3) is 22.5 Å². The van der Waals surface area contributed by atoms with Crippen LogP contribution in [0.3, 0.4) is 0 Å². The van der Waals surface area contributed by atoms with Gasteiger partial charge in [-0.25, -0.2) is 4.99 Å². The van der Waals surface area contributed by atoms with Crippen molar-refractivity contribution in [1.82, 2.24) is 4.57 Å². The molecule has 0 saturated heterocycles. The number of benzene rings is 4. The SMILES string of the molecule is COc1ccc2ccccc2c1/C=c1\sc2n(c1=O)[C@H](c1ccc(Br)cc1)C1=C(N=2)c2ccccc2CC1. The zero-order valence-electron chi connectivity index (χ0n) is 20.6. The molecule has 1 aliphatic heterocycles. The number of hydrogen-bond donors (Lipinski definition) is 0. The maximum Gasteiger partial charge on any atom is 0.271 e. The summed E-state index contributed by atoms with van der Waals surface area (Å²) >= 11 is 5.01. The smallest absolute Gasteiger partial charge is 0.271 e. The zero-order chi connectivity index (χ0) is 25.8. The molecule has 5 aromatic rings. The fourth-order valence-electron chi connectivity index (χ4n) is 5.70. The van der Waals surface area contributed by atoms with Crippen LogP contribution in [0.1, 0.15) is 34.7 Å². The summed E-state index contributed by atoms with van der Waals surface area (Å²) in [5, 5.41) is 2.16. The molecule has 0 amide bonds. The Labute approximate surface area is 232 Å². The molecule has 1 atom stereocenters. The predicted octanol–water partition coefficient (Wildman–Crippen LogP) is 6.24. The van der Waals surface area contributed by atoms with Gasteiger partial charge in [0.2, 0.25) is 0 Å². The van der Waals surface area contributed by atoms with Crippen LogP contribution in [-0.4, -0.2) is 11.7 Å². The highest BCUT2D eigenvalue weighted by molar-refractivity contribution is 9.10. The van der Waals surface area contributed by atoms with Crippen LogP contribution in [0.5, 0.6) is 5.75 Å². The minimum Gasteiger partial charge on any atom is -0.496 e. The Morgan fingerprint density at radius 3 is 2.61 bits per heavy atom. The molecule has 2 heterocycles. The third-order valence-electron chi connectivity index (χ3n) is 7.48. The first-order valence-electron chi connectivity index (χ1n) is 12.6. The van der Waals surface area contributed by atoms with E-state index in [9.17, 15) is 4.79 Å². The summed E-state index contributed by atoms with van der Waals surface area (Å²) in [5.74, 6) is 0.743. The van der Waals surface area contributed by atoms with Gasteiger partial charge >= 0.3 is 0 Å². The monoisotopic (exact) mass is 578 g/mol. The van der Waals surface area contributed by atoms with Crippen LogP contribution >= 0.6 is 27.3 Å². The molecule has 0 spiro atoms. The van der Waals surface area contributed by atoms with Crippen LogP contribution in [0.4, 0.5) is 0 Å². The van der Waals surface area contributed by atoms with E-state index >= 15 is 0 Å². The Hall–Kier alpha value is -3.74.